The highest BCUT2D eigenvalue weighted by molar-refractivity contribution is 5.95. The van der Waals surface area contributed by atoms with E-state index in [1.807, 2.05) is 6.92 Å². The van der Waals surface area contributed by atoms with Gasteiger partial charge in [0.2, 0.25) is 0 Å². The number of aromatic hydroxyl groups is 2. The summed E-state index contributed by atoms with van der Waals surface area (Å²) in [5.41, 5.74) is 0.269. The maximum absolute atomic E-state index is 12.0. The molecule has 5 heteroatoms. The van der Waals surface area contributed by atoms with Gasteiger partial charge in [-0.2, -0.15) is 0 Å². The van der Waals surface area contributed by atoms with Crippen LogP contribution in [0.15, 0.2) is 18.2 Å². The van der Waals surface area contributed by atoms with Gasteiger partial charge in [-0.25, -0.2) is 0 Å². The lowest BCUT2D eigenvalue weighted by Gasteiger charge is -2.19. The summed E-state index contributed by atoms with van der Waals surface area (Å²) in [7, 11) is 0. The van der Waals surface area contributed by atoms with Crippen molar-refractivity contribution in [2.24, 2.45) is 5.92 Å². The van der Waals surface area contributed by atoms with E-state index >= 15 is 0 Å². The average molecular weight is 250 g/mol. The Morgan fingerprint density at radius 1 is 1.39 bits per heavy atom. The van der Waals surface area contributed by atoms with Crippen LogP contribution < -0.4 is 10.6 Å². The van der Waals surface area contributed by atoms with Crippen molar-refractivity contribution in [1.82, 2.24) is 10.6 Å². The number of amides is 1. The zero-order chi connectivity index (χ0) is 13.1. The number of phenols is 2. The van der Waals surface area contributed by atoms with Gasteiger partial charge >= 0.3 is 0 Å². The third-order valence-corrected chi connectivity index (χ3v) is 3.33. The Labute approximate surface area is 106 Å². The molecule has 0 saturated carbocycles. The molecule has 0 bridgehead atoms. The molecular formula is C13H18N2O3. The summed E-state index contributed by atoms with van der Waals surface area (Å²) in [5, 5.41) is 24.8. The lowest BCUT2D eigenvalue weighted by atomic mass is 10.0. The number of hydrogen-bond donors (Lipinski definition) is 4. The molecular weight excluding hydrogens is 232 g/mol. The molecule has 4 N–H and O–H groups in total. The molecule has 5 nitrogen and oxygen atoms in total. The Bertz CT molecular complexity index is 422. The predicted molar refractivity (Wildman–Crippen MR) is 67.7 cm³/mol. The van der Waals surface area contributed by atoms with E-state index in [1.165, 1.54) is 18.2 Å². The number of carbonyl (C=O) groups is 1. The van der Waals surface area contributed by atoms with Gasteiger partial charge < -0.3 is 20.8 Å². The molecule has 98 valence electrons. The Morgan fingerprint density at radius 2 is 2.06 bits per heavy atom. The van der Waals surface area contributed by atoms with E-state index in [9.17, 15) is 15.0 Å². The maximum atomic E-state index is 12.0. The van der Waals surface area contributed by atoms with Crippen LogP contribution in [-0.4, -0.2) is 35.3 Å². The molecule has 0 spiro atoms. The number of carbonyl (C=O) groups excluding carboxylic acids is 1. The van der Waals surface area contributed by atoms with Gasteiger partial charge in [-0.15, -0.1) is 0 Å². The second-order valence-corrected chi connectivity index (χ2v) is 4.75. The van der Waals surface area contributed by atoms with Crippen molar-refractivity contribution in [1.29, 1.82) is 0 Å². The standard InChI is InChI=1S/C13H18N2O3/c1-8(9-2-3-14-7-9)15-13(18)10-4-11(16)6-12(17)5-10/h4-6,8-9,14,16-17H,2-3,7H2,1H3,(H,15,18). The van der Waals surface area contributed by atoms with Gasteiger partial charge in [-0.1, -0.05) is 0 Å². The van der Waals surface area contributed by atoms with Crippen LogP contribution in [0.4, 0.5) is 0 Å². The van der Waals surface area contributed by atoms with E-state index in [2.05, 4.69) is 10.6 Å². The van der Waals surface area contributed by atoms with E-state index in [-0.39, 0.29) is 29.0 Å². The second-order valence-electron chi connectivity index (χ2n) is 4.75. The maximum Gasteiger partial charge on any atom is 0.251 e. The topological polar surface area (TPSA) is 81.6 Å². The summed E-state index contributed by atoms with van der Waals surface area (Å²) in [6.45, 7) is 3.86. The summed E-state index contributed by atoms with van der Waals surface area (Å²) in [6.07, 6.45) is 1.05. The Morgan fingerprint density at radius 3 is 2.61 bits per heavy atom. The van der Waals surface area contributed by atoms with E-state index in [1.54, 1.807) is 0 Å². The number of hydrogen-bond acceptors (Lipinski definition) is 4. The highest BCUT2D eigenvalue weighted by Crippen LogP contribution is 2.21. The van der Waals surface area contributed by atoms with Crippen LogP contribution in [0.3, 0.4) is 0 Å². The van der Waals surface area contributed by atoms with Crippen LogP contribution in [0.5, 0.6) is 11.5 Å². The third kappa shape index (κ3) is 2.92. The normalized spacial score (nSPS) is 20.6. The molecule has 1 fully saturated rings. The first-order chi connectivity index (χ1) is 8.56. The van der Waals surface area contributed by atoms with Crippen LogP contribution in [0, 0.1) is 5.92 Å². The van der Waals surface area contributed by atoms with Gasteiger partial charge in [0.05, 0.1) is 0 Å². The first-order valence-corrected chi connectivity index (χ1v) is 6.11. The molecule has 1 aromatic carbocycles. The molecule has 2 atom stereocenters. The number of benzene rings is 1. The molecule has 1 aliphatic rings. The van der Waals surface area contributed by atoms with Crippen molar-refractivity contribution in [3.8, 4) is 11.5 Å². The lowest BCUT2D eigenvalue weighted by molar-refractivity contribution is 0.0928. The van der Waals surface area contributed by atoms with Gasteiger partial charge in [0.1, 0.15) is 11.5 Å². The average Bonchev–Trinajstić information content (AvgIpc) is 2.80. The van der Waals surface area contributed by atoms with E-state index in [4.69, 9.17) is 0 Å². The zero-order valence-corrected chi connectivity index (χ0v) is 10.3. The second kappa shape index (κ2) is 5.27. The lowest BCUT2D eigenvalue weighted by Crippen LogP contribution is -2.38. The Balaban J connectivity index is 2.02. The zero-order valence-electron chi connectivity index (χ0n) is 10.3. The van der Waals surface area contributed by atoms with Crippen molar-refractivity contribution < 1.29 is 15.0 Å². The largest absolute Gasteiger partial charge is 0.508 e. The van der Waals surface area contributed by atoms with Crippen molar-refractivity contribution in [2.75, 3.05) is 13.1 Å². The quantitative estimate of drug-likeness (QED) is 0.640. The number of phenolic OH excluding ortho intramolecular Hbond substituents is 2. The molecule has 0 aliphatic carbocycles. The van der Waals surface area contributed by atoms with Gasteiger partial charge in [0, 0.05) is 17.7 Å². The van der Waals surface area contributed by atoms with Gasteiger partial charge in [0.15, 0.2) is 0 Å². The predicted octanol–water partition coefficient (Wildman–Crippen LogP) is 0.826. The minimum absolute atomic E-state index is 0.0667. The summed E-state index contributed by atoms with van der Waals surface area (Å²) in [4.78, 5) is 12.0. The Hall–Kier alpha value is -1.75. The first kappa shape index (κ1) is 12.7. The molecule has 18 heavy (non-hydrogen) atoms. The van der Waals surface area contributed by atoms with Crippen LogP contribution >= 0.6 is 0 Å². The van der Waals surface area contributed by atoms with Gasteiger partial charge in [0.25, 0.3) is 5.91 Å². The molecule has 2 rings (SSSR count). The van der Waals surface area contributed by atoms with Crippen LogP contribution in [0.2, 0.25) is 0 Å². The summed E-state index contributed by atoms with van der Waals surface area (Å²) >= 11 is 0. The SMILES string of the molecule is CC(NC(=O)c1cc(O)cc(O)c1)C1CCNC1. The summed E-state index contributed by atoms with van der Waals surface area (Å²) in [6, 6.07) is 3.95. The number of rotatable bonds is 3. The van der Waals surface area contributed by atoms with E-state index in [0.717, 1.165) is 19.5 Å². The highest BCUT2D eigenvalue weighted by atomic mass is 16.3. The highest BCUT2D eigenvalue weighted by Gasteiger charge is 2.23. The molecule has 1 aliphatic heterocycles. The fourth-order valence-corrected chi connectivity index (χ4v) is 2.24. The van der Waals surface area contributed by atoms with Gasteiger partial charge in [-0.3, -0.25) is 4.79 Å². The van der Waals surface area contributed by atoms with E-state index in [0.29, 0.717) is 5.92 Å². The summed E-state index contributed by atoms with van der Waals surface area (Å²) < 4.78 is 0. The molecule has 1 amide bonds. The van der Waals surface area contributed by atoms with Crippen LogP contribution in [0.1, 0.15) is 23.7 Å². The number of nitrogens with one attached hydrogen (secondary N) is 2. The summed E-state index contributed by atoms with van der Waals surface area (Å²) in [5.74, 6) is -0.0777. The molecule has 0 aromatic heterocycles. The van der Waals surface area contributed by atoms with Gasteiger partial charge in [-0.05, 0) is 44.5 Å². The molecule has 0 radical (unpaired) electrons. The fourth-order valence-electron chi connectivity index (χ4n) is 2.24. The van der Waals surface area contributed by atoms with Crippen molar-refractivity contribution in [3.63, 3.8) is 0 Å². The van der Waals surface area contributed by atoms with Crippen LogP contribution in [-0.2, 0) is 0 Å². The minimum Gasteiger partial charge on any atom is -0.508 e. The third-order valence-electron chi connectivity index (χ3n) is 3.33. The fraction of sp³-hybridized carbons (Fsp3) is 0.462. The minimum atomic E-state index is -0.277. The molecule has 1 heterocycles. The molecule has 1 aromatic rings. The van der Waals surface area contributed by atoms with Crippen LogP contribution in [0.25, 0.3) is 0 Å². The van der Waals surface area contributed by atoms with Crippen molar-refractivity contribution in [3.05, 3.63) is 23.8 Å². The molecule has 1 saturated heterocycles. The van der Waals surface area contributed by atoms with E-state index < -0.39 is 0 Å². The van der Waals surface area contributed by atoms with Crippen molar-refractivity contribution in [2.45, 2.75) is 19.4 Å². The monoisotopic (exact) mass is 250 g/mol. The smallest absolute Gasteiger partial charge is 0.251 e. The first-order valence-electron chi connectivity index (χ1n) is 6.11. The van der Waals surface area contributed by atoms with Crippen molar-refractivity contribution >= 4 is 5.91 Å². The Kier molecular flexibility index (Phi) is 3.72. The molecule has 2 unspecified atom stereocenters.